The average Bonchev–Trinajstić information content (AvgIpc) is 2.69. The normalized spacial score (nSPS) is 32.6. The highest BCUT2D eigenvalue weighted by molar-refractivity contribution is 8.06. The van der Waals surface area contributed by atoms with Crippen LogP contribution in [0, 0.1) is 11.8 Å². The molecule has 2 heterocycles. The van der Waals surface area contributed by atoms with Crippen LogP contribution in [0.3, 0.4) is 0 Å². The van der Waals surface area contributed by atoms with Gasteiger partial charge in [0.25, 0.3) is 0 Å². The van der Waals surface area contributed by atoms with Crippen molar-refractivity contribution in [2.24, 2.45) is 11.8 Å². The molecular formula is C14H26N2OS2. The molecule has 0 aliphatic carbocycles. The summed E-state index contributed by atoms with van der Waals surface area (Å²) in [5.74, 6) is 4.82. The number of nitrogens with one attached hydrogen (secondary N) is 1. The van der Waals surface area contributed by atoms with E-state index in [4.69, 9.17) is 0 Å². The fourth-order valence-corrected chi connectivity index (χ4v) is 5.42. The molecule has 3 nitrogen and oxygen atoms in total. The topological polar surface area (TPSA) is 32.3 Å². The number of thioether (sulfide) groups is 2. The first-order chi connectivity index (χ1) is 9.00. The van der Waals surface area contributed by atoms with Crippen LogP contribution < -0.4 is 5.32 Å². The first-order valence-electron chi connectivity index (χ1n) is 7.26. The van der Waals surface area contributed by atoms with Gasteiger partial charge in [0.05, 0.1) is 12.2 Å². The lowest BCUT2D eigenvalue weighted by Crippen LogP contribution is -2.45. The summed E-state index contributed by atoms with van der Waals surface area (Å²) in [6.45, 7) is 9.56. The van der Waals surface area contributed by atoms with Crippen LogP contribution in [0.5, 0.6) is 0 Å². The quantitative estimate of drug-likeness (QED) is 0.863. The summed E-state index contributed by atoms with van der Waals surface area (Å²) in [6.07, 6.45) is 0.215. The summed E-state index contributed by atoms with van der Waals surface area (Å²) in [6, 6.07) is 0.00800. The second-order valence-corrected chi connectivity index (χ2v) is 8.69. The molecule has 3 unspecified atom stereocenters. The molecule has 0 aromatic rings. The van der Waals surface area contributed by atoms with E-state index in [1.807, 2.05) is 23.5 Å². The monoisotopic (exact) mass is 302 g/mol. The van der Waals surface area contributed by atoms with E-state index < -0.39 is 0 Å². The zero-order valence-corrected chi connectivity index (χ0v) is 14.0. The van der Waals surface area contributed by atoms with E-state index in [0.29, 0.717) is 23.0 Å². The SMILES string of the molecule is CC(C)C1NC(C(C)C)N(CC2CSCCS2)C1=O. The lowest BCUT2D eigenvalue weighted by atomic mass is 10.0. The lowest BCUT2D eigenvalue weighted by molar-refractivity contribution is -0.131. The van der Waals surface area contributed by atoms with Gasteiger partial charge < -0.3 is 4.90 Å². The Bertz CT molecular complexity index is 317. The molecular weight excluding hydrogens is 276 g/mol. The Labute approximate surface area is 125 Å². The molecule has 1 N–H and O–H groups in total. The number of nitrogens with zero attached hydrogens (tertiary/aromatic N) is 1. The van der Waals surface area contributed by atoms with Crippen molar-refractivity contribution in [2.45, 2.75) is 45.2 Å². The molecule has 2 aliphatic rings. The van der Waals surface area contributed by atoms with Crippen LogP contribution in [0.2, 0.25) is 0 Å². The molecule has 0 aromatic heterocycles. The second kappa shape index (κ2) is 6.72. The number of amides is 1. The minimum Gasteiger partial charge on any atom is -0.324 e. The maximum absolute atomic E-state index is 12.6. The van der Waals surface area contributed by atoms with Gasteiger partial charge in [-0.05, 0) is 11.8 Å². The van der Waals surface area contributed by atoms with Crippen LogP contribution in [0.15, 0.2) is 0 Å². The number of carbonyl (C=O) groups excluding carboxylic acids is 1. The van der Waals surface area contributed by atoms with Crippen molar-refractivity contribution < 1.29 is 4.79 Å². The minimum absolute atomic E-state index is 0.00800. The van der Waals surface area contributed by atoms with Crippen LogP contribution in [0.4, 0.5) is 0 Å². The van der Waals surface area contributed by atoms with Gasteiger partial charge in [0.15, 0.2) is 0 Å². The molecule has 110 valence electrons. The van der Waals surface area contributed by atoms with Gasteiger partial charge in [-0.3, -0.25) is 10.1 Å². The van der Waals surface area contributed by atoms with E-state index >= 15 is 0 Å². The van der Waals surface area contributed by atoms with E-state index in [1.54, 1.807) is 0 Å². The molecule has 1 amide bonds. The molecule has 2 aliphatic heterocycles. The Morgan fingerprint density at radius 2 is 2.00 bits per heavy atom. The maximum Gasteiger partial charge on any atom is 0.241 e. The van der Waals surface area contributed by atoms with Crippen LogP contribution >= 0.6 is 23.5 Å². The van der Waals surface area contributed by atoms with E-state index in [-0.39, 0.29) is 12.2 Å². The van der Waals surface area contributed by atoms with Gasteiger partial charge in [0.2, 0.25) is 5.91 Å². The Morgan fingerprint density at radius 3 is 2.53 bits per heavy atom. The Balaban J connectivity index is 2.04. The Hall–Kier alpha value is 0.130. The van der Waals surface area contributed by atoms with E-state index in [0.717, 1.165) is 6.54 Å². The third-order valence-electron chi connectivity index (χ3n) is 3.82. The van der Waals surface area contributed by atoms with Crippen LogP contribution in [-0.4, -0.2) is 52.1 Å². The van der Waals surface area contributed by atoms with Crippen molar-refractivity contribution in [3.05, 3.63) is 0 Å². The van der Waals surface area contributed by atoms with Crippen molar-refractivity contribution in [1.29, 1.82) is 0 Å². The third kappa shape index (κ3) is 3.61. The molecule has 0 spiro atoms. The summed E-state index contributed by atoms with van der Waals surface area (Å²) < 4.78 is 0. The fourth-order valence-electron chi connectivity index (χ4n) is 2.76. The predicted octanol–water partition coefficient (Wildman–Crippen LogP) is 2.27. The molecule has 19 heavy (non-hydrogen) atoms. The minimum atomic E-state index is 0.00800. The highest BCUT2D eigenvalue weighted by Crippen LogP contribution is 2.28. The highest BCUT2D eigenvalue weighted by atomic mass is 32.2. The maximum atomic E-state index is 12.6. The van der Waals surface area contributed by atoms with Crippen LogP contribution in [0.1, 0.15) is 27.7 Å². The van der Waals surface area contributed by atoms with E-state index in [2.05, 4.69) is 37.9 Å². The zero-order chi connectivity index (χ0) is 14.0. The van der Waals surface area contributed by atoms with Gasteiger partial charge in [-0.1, -0.05) is 27.7 Å². The predicted molar refractivity (Wildman–Crippen MR) is 85.7 cm³/mol. The number of hydrogen-bond acceptors (Lipinski definition) is 4. The first kappa shape index (κ1) is 15.5. The molecule has 0 bridgehead atoms. The molecule has 2 rings (SSSR count). The Morgan fingerprint density at radius 1 is 1.26 bits per heavy atom. The molecule has 0 radical (unpaired) electrons. The largest absolute Gasteiger partial charge is 0.324 e. The zero-order valence-electron chi connectivity index (χ0n) is 12.4. The first-order valence-corrected chi connectivity index (χ1v) is 9.47. The van der Waals surface area contributed by atoms with Crippen molar-refractivity contribution in [1.82, 2.24) is 10.2 Å². The second-order valence-electron chi connectivity index (χ2n) is 6.14. The number of carbonyl (C=O) groups is 1. The van der Waals surface area contributed by atoms with Crippen molar-refractivity contribution in [2.75, 3.05) is 23.8 Å². The lowest BCUT2D eigenvalue weighted by Gasteiger charge is -2.31. The summed E-state index contributed by atoms with van der Waals surface area (Å²) in [5.41, 5.74) is 0. The van der Waals surface area contributed by atoms with Gasteiger partial charge in [0.1, 0.15) is 0 Å². The van der Waals surface area contributed by atoms with Crippen molar-refractivity contribution in [3.8, 4) is 0 Å². The molecule has 2 fully saturated rings. The molecule has 5 heteroatoms. The van der Waals surface area contributed by atoms with Gasteiger partial charge >= 0.3 is 0 Å². The number of hydrogen-bond donors (Lipinski definition) is 1. The fraction of sp³-hybridized carbons (Fsp3) is 0.929. The third-order valence-corrected chi connectivity index (χ3v) is 6.65. The Kier molecular flexibility index (Phi) is 5.49. The highest BCUT2D eigenvalue weighted by Gasteiger charge is 2.42. The van der Waals surface area contributed by atoms with Gasteiger partial charge in [-0.25, -0.2) is 0 Å². The number of rotatable bonds is 4. The average molecular weight is 303 g/mol. The molecule has 3 atom stereocenters. The molecule has 2 saturated heterocycles. The summed E-state index contributed by atoms with van der Waals surface area (Å²) in [5, 5.41) is 4.15. The van der Waals surface area contributed by atoms with E-state index in [1.165, 1.54) is 17.3 Å². The van der Waals surface area contributed by atoms with Gasteiger partial charge in [-0.2, -0.15) is 23.5 Å². The summed E-state index contributed by atoms with van der Waals surface area (Å²) in [4.78, 5) is 14.7. The van der Waals surface area contributed by atoms with Crippen LogP contribution in [0.25, 0.3) is 0 Å². The summed E-state index contributed by atoms with van der Waals surface area (Å²) in [7, 11) is 0. The van der Waals surface area contributed by atoms with Gasteiger partial charge in [0, 0.05) is 29.1 Å². The van der Waals surface area contributed by atoms with E-state index in [9.17, 15) is 4.79 Å². The molecule has 0 saturated carbocycles. The van der Waals surface area contributed by atoms with Crippen molar-refractivity contribution >= 4 is 29.4 Å². The standard InChI is InChI=1S/C14H26N2OS2/c1-9(2)12-14(17)16(13(15-12)10(3)4)7-11-8-18-5-6-19-11/h9-13,15H,5-8H2,1-4H3. The smallest absolute Gasteiger partial charge is 0.241 e. The summed E-state index contributed by atoms with van der Waals surface area (Å²) >= 11 is 4.06. The molecule has 0 aromatic carbocycles. The van der Waals surface area contributed by atoms with Crippen molar-refractivity contribution in [3.63, 3.8) is 0 Å². The van der Waals surface area contributed by atoms with Gasteiger partial charge in [-0.15, -0.1) is 0 Å². The van der Waals surface area contributed by atoms with Crippen LogP contribution in [-0.2, 0) is 4.79 Å².